The summed E-state index contributed by atoms with van der Waals surface area (Å²) in [4.78, 5) is 36.6. The second-order valence-corrected chi connectivity index (χ2v) is 8.80. The smallest absolute Gasteiger partial charge is 0.270 e. The Morgan fingerprint density at radius 1 is 1.16 bits per heavy atom. The second kappa shape index (κ2) is 6.38. The van der Waals surface area contributed by atoms with Gasteiger partial charge in [0.1, 0.15) is 17.3 Å². The van der Waals surface area contributed by atoms with Crippen LogP contribution in [0.25, 0.3) is 11.3 Å². The van der Waals surface area contributed by atoms with E-state index in [0.29, 0.717) is 22.8 Å². The van der Waals surface area contributed by atoms with Crippen molar-refractivity contribution in [2.45, 2.75) is 12.8 Å². The molecule has 3 fully saturated rings. The van der Waals surface area contributed by atoms with Crippen molar-refractivity contribution < 1.29 is 23.7 Å². The molecule has 2 saturated carbocycles. The second-order valence-electron chi connectivity index (χ2n) is 8.80. The number of nitrogens with zero attached hydrogens (tertiary/aromatic N) is 3. The number of rotatable bonds is 5. The summed E-state index contributed by atoms with van der Waals surface area (Å²) in [6, 6.07) is 7.46. The van der Waals surface area contributed by atoms with Gasteiger partial charge >= 0.3 is 0 Å². The molecule has 6 rings (SSSR count). The van der Waals surface area contributed by atoms with Gasteiger partial charge in [-0.25, -0.2) is 0 Å². The number of nitro groups is 1. The number of nitro benzene ring substituents is 1. The number of allylic oxidation sites excluding steroid dienone is 2. The number of hydrazone groups is 1. The maximum absolute atomic E-state index is 13.0. The highest BCUT2D eigenvalue weighted by molar-refractivity contribution is 6.07. The van der Waals surface area contributed by atoms with Crippen LogP contribution in [-0.2, 0) is 9.59 Å². The summed E-state index contributed by atoms with van der Waals surface area (Å²) in [6.07, 6.45) is 7.72. The molecular formula is C23H19N3O6. The zero-order chi connectivity index (χ0) is 22.2. The molecule has 9 nitrogen and oxygen atoms in total. The molecule has 2 aromatic rings. The predicted octanol–water partition coefficient (Wildman–Crippen LogP) is 3.39. The fourth-order valence-corrected chi connectivity index (χ4v) is 5.86. The number of furan rings is 1. The number of hydrogen-bond acceptors (Lipinski definition) is 7. The van der Waals surface area contributed by atoms with Crippen LogP contribution in [-0.4, -0.2) is 35.1 Å². The summed E-state index contributed by atoms with van der Waals surface area (Å²) in [7, 11) is 1.46. The van der Waals surface area contributed by atoms with Gasteiger partial charge in [-0.1, -0.05) is 12.2 Å². The fourth-order valence-electron chi connectivity index (χ4n) is 5.86. The van der Waals surface area contributed by atoms with Crippen LogP contribution in [0.2, 0.25) is 0 Å². The number of carbonyl (C=O) groups excluding carboxylic acids is 2. The molecule has 4 atom stereocenters. The normalized spacial score (nSPS) is 28.8. The summed E-state index contributed by atoms with van der Waals surface area (Å²) < 4.78 is 11.0. The van der Waals surface area contributed by atoms with Gasteiger partial charge in [-0.15, -0.1) is 0 Å². The Morgan fingerprint density at radius 3 is 2.44 bits per heavy atom. The summed E-state index contributed by atoms with van der Waals surface area (Å²) in [5, 5.41) is 16.2. The molecule has 1 aliphatic heterocycles. The van der Waals surface area contributed by atoms with E-state index in [1.807, 2.05) is 0 Å². The van der Waals surface area contributed by atoms with E-state index in [0.717, 1.165) is 17.9 Å². The molecule has 2 heterocycles. The Bertz CT molecular complexity index is 1210. The Morgan fingerprint density at radius 2 is 1.84 bits per heavy atom. The van der Waals surface area contributed by atoms with Crippen LogP contribution in [0.4, 0.5) is 5.69 Å². The zero-order valence-corrected chi connectivity index (χ0v) is 17.1. The van der Waals surface area contributed by atoms with Crippen molar-refractivity contribution in [3.8, 4) is 17.1 Å². The highest BCUT2D eigenvalue weighted by Gasteiger charge is 2.73. The minimum Gasteiger partial charge on any atom is -0.496 e. The predicted molar refractivity (Wildman–Crippen MR) is 112 cm³/mol. The number of ether oxygens (including phenoxy) is 1. The van der Waals surface area contributed by atoms with E-state index in [4.69, 9.17) is 9.15 Å². The van der Waals surface area contributed by atoms with E-state index in [1.165, 1.54) is 31.5 Å². The molecule has 1 aromatic carbocycles. The van der Waals surface area contributed by atoms with Gasteiger partial charge in [0.15, 0.2) is 0 Å². The third-order valence-corrected chi connectivity index (χ3v) is 7.42. The van der Waals surface area contributed by atoms with Crippen molar-refractivity contribution in [3.05, 3.63) is 58.4 Å². The Balaban J connectivity index is 1.25. The van der Waals surface area contributed by atoms with Crippen molar-refractivity contribution in [3.63, 3.8) is 0 Å². The molecule has 4 aliphatic rings. The van der Waals surface area contributed by atoms with Crippen LogP contribution in [0.5, 0.6) is 5.75 Å². The molecule has 0 radical (unpaired) electrons. The van der Waals surface area contributed by atoms with Crippen LogP contribution < -0.4 is 4.74 Å². The third-order valence-electron chi connectivity index (χ3n) is 7.42. The lowest BCUT2D eigenvalue weighted by molar-refractivity contribution is -0.384. The van der Waals surface area contributed by atoms with Gasteiger partial charge in [0.25, 0.3) is 17.5 Å². The Kier molecular flexibility index (Phi) is 3.78. The molecule has 1 aromatic heterocycles. The van der Waals surface area contributed by atoms with E-state index in [9.17, 15) is 19.7 Å². The molecule has 162 valence electrons. The number of methoxy groups -OCH3 is 1. The number of amides is 2. The topological polar surface area (TPSA) is 115 Å². The van der Waals surface area contributed by atoms with Gasteiger partial charge in [-0.3, -0.25) is 19.7 Å². The first-order valence-electron chi connectivity index (χ1n) is 10.5. The lowest BCUT2D eigenvalue weighted by atomic mass is 9.85. The van der Waals surface area contributed by atoms with Crippen LogP contribution in [0.15, 0.2) is 52.0 Å². The minimum atomic E-state index is -0.497. The van der Waals surface area contributed by atoms with Crippen molar-refractivity contribution in [2.24, 2.45) is 34.2 Å². The van der Waals surface area contributed by atoms with E-state index >= 15 is 0 Å². The monoisotopic (exact) mass is 433 g/mol. The standard InChI is InChI=1S/C23H19N3O6/c1-31-17-6-2-12(26(29)30)10-14(17)18-7-3-13(32-18)11-24-25-21(27)19-15-4-5-16(20(19)22(25)28)23(15)8-9-23/h2-7,10-11,15-16,19-20H,8-9H2,1H3/b24-11-/t15-,16-,19-,20+/m1/s1. The van der Waals surface area contributed by atoms with Gasteiger partial charge in [0.2, 0.25) is 0 Å². The van der Waals surface area contributed by atoms with Crippen molar-refractivity contribution in [2.75, 3.05) is 7.11 Å². The molecule has 32 heavy (non-hydrogen) atoms. The molecule has 1 saturated heterocycles. The molecule has 1 spiro atoms. The van der Waals surface area contributed by atoms with Crippen molar-refractivity contribution >= 4 is 23.7 Å². The van der Waals surface area contributed by atoms with E-state index in [-0.39, 0.29) is 46.6 Å². The van der Waals surface area contributed by atoms with Gasteiger partial charge in [0, 0.05) is 12.1 Å². The van der Waals surface area contributed by atoms with E-state index in [1.54, 1.807) is 12.1 Å². The Labute approximate surface area is 182 Å². The molecule has 0 unspecified atom stereocenters. The summed E-state index contributed by atoms with van der Waals surface area (Å²) in [6.45, 7) is 0. The highest BCUT2D eigenvalue weighted by atomic mass is 16.6. The first-order valence-corrected chi connectivity index (χ1v) is 10.5. The minimum absolute atomic E-state index is 0.0936. The molecule has 3 aliphatic carbocycles. The van der Waals surface area contributed by atoms with Crippen LogP contribution in [0, 0.1) is 39.2 Å². The van der Waals surface area contributed by atoms with Gasteiger partial charge in [0.05, 0.1) is 35.6 Å². The average molecular weight is 433 g/mol. The first kappa shape index (κ1) is 19.0. The number of imide groups is 1. The van der Waals surface area contributed by atoms with Crippen molar-refractivity contribution in [1.82, 2.24) is 5.01 Å². The maximum atomic E-state index is 13.0. The maximum Gasteiger partial charge on any atom is 0.270 e. The number of fused-ring (bicyclic) bond motifs is 3. The average Bonchev–Trinajstić information content (AvgIpc) is 3.08. The summed E-state index contributed by atoms with van der Waals surface area (Å²) in [5.41, 5.74) is 0.467. The number of carbonyl (C=O) groups is 2. The van der Waals surface area contributed by atoms with Gasteiger partial charge in [-0.2, -0.15) is 10.1 Å². The lowest BCUT2D eigenvalue weighted by Crippen LogP contribution is -2.30. The van der Waals surface area contributed by atoms with Crippen LogP contribution in [0.1, 0.15) is 18.6 Å². The first-order chi connectivity index (χ1) is 15.4. The number of hydrogen-bond donors (Lipinski definition) is 0. The van der Waals surface area contributed by atoms with Crippen LogP contribution >= 0.6 is 0 Å². The van der Waals surface area contributed by atoms with Crippen LogP contribution in [0.3, 0.4) is 0 Å². The molecule has 2 amide bonds. The number of non-ortho nitro benzene ring substituents is 1. The summed E-state index contributed by atoms with van der Waals surface area (Å²) >= 11 is 0. The largest absolute Gasteiger partial charge is 0.496 e. The highest BCUT2D eigenvalue weighted by Crippen LogP contribution is 2.73. The fraction of sp³-hybridized carbons (Fsp3) is 0.348. The summed E-state index contributed by atoms with van der Waals surface area (Å²) in [5.74, 6) is 0.265. The molecular weight excluding hydrogens is 414 g/mol. The van der Waals surface area contributed by atoms with Gasteiger partial charge in [-0.05, 0) is 48.3 Å². The third kappa shape index (κ3) is 2.41. The van der Waals surface area contributed by atoms with Crippen molar-refractivity contribution in [1.29, 1.82) is 0 Å². The zero-order valence-electron chi connectivity index (χ0n) is 17.1. The number of benzene rings is 1. The van der Waals surface area contributed by atoms with E-state index in [2.05, 4.69) is 17.3 Å². The van der Waals surface area contributed by atoms with Gasteiger partial charge < -0.3 is 9.15 Å². The molecule has 9 heteroatoms. The lowest BCUT2D eigenvalue weighted by Gasteiger charge is -2.18. The quantitative estimate of drug-likeness (QED) is 0.235. The SMILES string of the molecule is COc1ccc([N+](=O)[O-])cc1-c1ccc(/C=N\N2C(=O)[C@@H]3[C@H](C2=O)[C@H]2C=C[C@H]3C23CC3)o1. The Hall–Kier alpha value is -3.75. The molecule has 2 bridgehead atoms. The van der Waals surface area contributed by atoms with E-state index < -0.39 is 4.92 Å². The molecule has 0 N–H and O–H groups in total.